The zero-order valence-corrected chi connectivity index (χ0v) is 9.58. The van der Waals surface area contributed by atoms with Crippen molar-refractivity contribution in [2.24, 2.45) is 17.6 Å². The minimum Gasteiger partial charge on any atom is -0.330 e. The van der Waals surface area contributed by atoms with E-state index in [1.165, 1.54) is 32.1 Å². The maximum atomic E-state index is 5.87. The first kappa shape index (κ1) is 10.4. The van der Waals surface area contributed by atoms with Gasteiger partial charge in [0.2, 0.25) is 0 Å². The van der Waals surface area contributed by atoms with E-state index in [1.54, 1.807) is 0 Å². The van der Waals surface area contributed by atoms with E-state index in [0.717, 1.165) is 30.5 Å². The minimum atomic E-state index is 0.761. The van der Waals surface area contributed by atoms with Gasteiger partial charge in [-0.25, -0.2) is 0 Å². The largest absolute Gasteiger partial charge is 0.330 e. The number of rotatable bonds is 3. The summed E-state index contributed by atoms with van der Waals surface area (Å²) in [5.41, 5.74) is 5.87. The van der Waals surface area contributed by atoms with Gasteiger partial charge in [-0.1, -0.05) is 13.3 Å². The molecule has 2 heteroatoms. The normalized spacial score (nSPS) is 39.0. The molecule has 0 bridgehead atoms. The maximum absolute atomic E-state index is 5.87. The average Bonchev–Trinajstić information content (AvgIpc) is 3.00. The van der Waals surface area contributed by atoms with Crippen molar-refractivity contribution < 1.29 is 0 Å². The third-order valence-corrected chi connectivity index (χ3v) is 4.17. The SMILES string of the molecule is CC1CCC(CN)C(N(C)C2CC2)C1. The zero-order chi connectivity index (χ0) is 10.1. The third kappa shape index (κ3) is 2.12. The number of nitrogens with zero attached hydrogens (tertiary/aromatic N) is 1. The fraction of sp³-hybridized carbons (Fsp3) is 1.00. The molecule has 2 N–H and O–H groups in total. The van der Waals surface area contributed by atoms with E-state index in [2.05, 4.69) is 18.9 Å². The van der Waals surface area contributed by atoms with Crippen molar-refractivity contribution in [3.63, 3.8) is 0 Å². The summed E-state index contributed by atoms with van der Waals surface area (Å²) in [6.45, 7) is 3.27. The molecule has 2 saturated carbocycles. The molecule has 82 valence electrons. The Morgan fingerprint density at radius 1 is 1.21 bits per heavy atom. The second kappa shape index (κ2) is 4.19. The van der Waals surface area contributed by atoms with E-state index in [4.69, 9.17) is 5.73 Å². The van der Waals surface area contributed by atoms with Crippen LogP contribution in [0.5, 0.6) is 0 Å². The lowest BCUT2D eigenvalue weighted by atomic mass is 9.78. The minimum absolute atomic E-state index is 0.761. The molecular formula is C12H24N2. The molecule has 2 nitrogen and oxygen atoms in total. The van der Waals surface area contributed by atoms with Crippen LogP contribution in [0.4, 0.5) is 0 Å². The average molecular weight is 196 g/mol. The monoisotopic (exact) mass is 196 g/mol. The van der Waals surface area contributed by atoms with Crippen LogP contribution in [-0.2, 0) is 0 Å². The summed E-state index contributed by atoms with van der Waals surface area (Å²) in [5.74, 6) is 1.67. The highest BCUT2D eigenvalue weighted by molar-refractivity contribution is 4.92. The first-order chi connectivity index (χ1) is 6.72. The summed E-state index contributed by atoms with van der Waals surface area (Å²) in [7, 11) is 2.31. The number of hydrogen-bond acceptors (Lipinski definition) is 2. The molecule has 2 fully saturated rings. The molecule has 2 aliphatic rings. The molecule has 0 aromatic carbocycles. The highest BCUT2D eigenvalue weighted by Gasteiger charge is 2.37. The van der Waals surface area contributed by atoms with E-state index in [0.29, 0.717) is 0 Å². The standard InChI is InChI=1S/C12H24N2/c1-9-3-4-10(8-13)12(7-9)14(2)11-5-6-11/h9-12H,3-8,13H2,1-2H3. The molecule has 0 saturated heterocycles. The van der Waals surface area contributed by atoms with Crippen molar-refractivity contribution in [1.82, 2.24) is 4.90 Å². The molecule has 14 heavy (non-hydrogen) atoms. The summed E-state index contributed by atoms with van der Waals surface area (Å²) >= 11 is 0. The lowest BCUT2D eigenvalue weighted by Crippen LogP contribution is -2.45. The van der Waals surface area contributed by atoms with Crippen LogP contribution in [0.25, 0.3) is 0 Å². The number of nitrogens with two attached hydrogens (primary N) is 1. The van der Waals surface area contributed by atoms with Gasteiger partial charge in [0.05, 0.1) is 0 Å². The smallest absolute Gasteiger partial charge is 0.0138 e. The van der Waals surface area contributed by atoms with Crippen molar-refractivity contribution in [2.75, 3.05) is 13.6 Å². The van der Waals surface area contributed by atoms with Gasteiger partial charge in [0.1, 0.15) is 0 Å². The van der Waals surface area contributed by atoms with Gasteiger partial charge in [0.15, 0.2) is 0 Å². The van der Waals surface area contributed by atoms with E-state index < -0.39 is 0 Å². The third-order valence-electron chi connectivity index (χ3n) is 4.17. The predicted molar refractivity (Wildman–Crippen MR) is 60.1 cm³/mol. The highest BCUT2D eigenvalue weighted by Crippen LogP contribution is 2.36. The lowest BCUT2D eigenvalue weighted by molar-refractivity contribution is 0.102. The van der Waals surface area contributed by atoms with E-state index in [1.807, 2.05) is 0 Å². The Morgan fingerprint density at radius 2 is 1.93 bits per heavy atom. The van der Waals surface area contributed by atoms with Gasteiger partial charge in [0.25, 0.3) is 0 Å². The van der Waals surface area contributed by atoms with Gasteiger partial charge in [-0.2, -0.15) is 0 Å². The van der Waals surface area contributed by atoms with Crippen LogP contribution < -0.4 is 5.73 Å². The molecule has 0 spiro atoms. The van der Waals surface area contributed by atoms with Crippen molar-refractivity contribution in [3.8, 4) is 0 Å². The van der Waals surface area contributed by atoms with Crippen LogP contribution >= 0.6 is 0 Å². The van der Waals surface area contributed by atoms with Gasteiger partial charge in [0, 0.05) is 12.1 Å². The topological polar surface area (TPSA) is 29.3 Å². The van der Waals surface area contributed by atoms with Crippen LogP contribution in [0.2, 0.25) is 0 Å². The molecule has 0 aromatic heterocycles. The Morgan fingerprint density at radius 3 is 2.50 bits per heavy atom. The van der Waals surface area contributed by atoms with Gasteiger partial charge in [-0.3, -0.25) is 0 Å². The molecule has 0 heterocycles. The molecule has 0 radical (unpaired) electrons. The molecule has 2 aliphatic carbocycles. The van der Waals surface area contributed by atoms with E-state index in [-0.39, 0.29) is 0 Å². The van der Waals surface area contributed by atoms with Gasteiger partial charge in [-0.05, 0) is 51.1 Å². The second-order valence-corrected chi connectivity index (χ2v) is 5.38. The van der Waals surface area contributed by atoms with Crippen LogP contribution in [0.3, 0.4) is 0 Å². The molecule has 0 aromatic rings. The Hall–Kier alpha value is -0.0800. The Balaban J connectivity index is 1.96. The highest BCUT2D eigenvalue weighted by atomic mass is 15.2. The van der Waals surface area contributed by atoms with Crippen LogP contribution in [0.1, 0.15) is 39.0 Å². The van der Waals surface area contributed by atoms with Crippen LogP contribution in [0, 0.1) is 11.8 Å². The molecule has 0 amide bonds. The van der Waals surface area contributed by atoms with Crippen molar-refractivity contribution in [2.45, 2.75) is 51.1 Å². The molecule has 3 atom stereocenters. The lowest BCUT2D eigenvalue weighted by Gasteiger charge is -2.40. The Kier molecular flexibility index (Phi) is 3.13. The van der Waals surface area contributed by atoms with Crippen LogP contribution in [0.15, 0.2) is 0 Å². The predicted octanol–water partition coefficient (Wildman–Crippen LogP) is 1.84. The number of hydrogen-bond donors (Lipinski definition) is 1. The summed E-state index contributed by atoms with van der Waals surface area (Å²) in [6, 6.07) is 1.66. The van der Waals surface area contributed by atoms with Crippen molar-refractivity contribution in [3.05, 3.63) is 0 Å². The molecule has 0 aliphatic heterocycles. The summed E-state index contributed by atoms with van der Waals surface area (Å²) in [5, 5.41) is 0. The Bertz CT molecular complexity index is 187. The zero-order valence-electron chi connectivity index (χ0n) is 9.58. The molecular weight excluding hydrogens is 172 g/mol. The van der Waals surface area contributed by atoms with Crippen molar-refractivity contribution >= 4 is 0 Å². The summed E-state index contributed by atoms with van der Waals surface area (Å²) < 4.78 is 0. The molecule has 2 rings (SSSR count). The fourth-order valence-electron chi connectivity index (χ4n) is 2.94. The van der Waals surface area contributed by atoms with Crippen LogP contribution in [-0.4, -0.2) is 30.6 Å². The van der Waals surface area contributed by atoms with Gasteiger partial charge in [-0.15, -0.1) is 0 Å². The van der Waals surface area contributed by atoms with E-state index >= 15 is 0 Å². The first-order valence-electron chi connectivity index (χ1n) is 6.14. The van der Waals surface area contributed by atoms with Crippen molar-refractivity contribution in [1.29, 1.82) is 0 Å². The Labute approximate surface area is 87.8 Å². The van der Waals surface area contributed by atoms with Gasteiger partial charge >= 0.3 is 0 Å². The second-order valence-electron chi connectivity index (χ2n) is 5.38. The molecule has 3 unspecified atom stereocenters. The quantitative estimate of drug-likeness (QED) is 0.746. The maximum Gasteiger partial charge on any atom is 0.0138 e. The first-order valence-corrected chi connectivity index (χ1v) is 6.14. The fourth-order valence-corrected chi connectivity index (χ4v) is 2.94. The van der Waals surface area contributed by atoms with E-state index in [9.17, 15) is 0 Å². The van der Waals surface area contributed by atoms with Gasteiger partial charge < -0.3 is 10.6 Å². The summed E-state index contributed by atoms with van der Waals surface area (Å²) in [4.78, 5) is 2.62. The summed E-state index contributed by atoms with van der Waals surface area (Å²) in [6.07, 6.45) is 6.93.